The van der Waals surface area contributed by atoms with E-state index in [4.69, 9.17) is 0 Å². The van der Waals surface area contributed by atoms with Crippen molar-refractivity contribution in [3.63, 3.8) is 0 Å². The summed E-state index contributed by atoms with van der Waals surface area (Å²) in [4.78, 5) is 64.9. The molecule has 0 aromatic carbocycles. The highest BCUT2D eigenvalue weighted by Crippen LogP contribution is 2.24. The Hall–Kier alpha value is -2.98. The van der Waals surface area contributed by atoms with Crippen molar-refractivity contribution in [2.75, 3.05) is 19.6 Å². The van der Waals surface area contributed by atoms with Crippen LogP contribution >= 0.6 is 0 Å². The van der Waals surface area contributed by atoms with Crippen LogP contribution in [0.5, 0.6) is 0 Å². The fourth-order valence-corrected chi connectivity index (χ4v) is 3.89. The molecule has 3 heterocycles. The molecule has 1 aromatic rings. The van der Waals surface area contributed by atoms with Crippen molar-refractivity contribution in [1.29, 1.82) is 0 Å². The molecule has 3 rings (SSSR count). The molecule has 158 valence electrons. The maximum absolute atomic E-state index is 12.7. The third-order valence-electron chi connectivity index (χ3n) is 5.67. The monoisotopic (exact) mass is 406 g/mol. The normalized spacial score (nSPS) is 21.1. The Kier molecular flexibility index (Phi) is 5.85. The molecule has 1 atom stereocenters. The van der Waals surface area contributed by atoms with Gasteiger partial charge in [-0.25, -0.2) is 9.48 Å². The van der Waals surface area contributed by atoms with Crippen LogP contribution in [0.15, 0.2) is 15.8 Å². The van der Waals surface area contributed by atoms with Gasteiger partial charge in [0.25, 0.3) is 5.56 Å². The largest absolute Gasteiger partial charge is 0.349 e. The van der Waals surface area contributed by atoms with Crippen molar-refractivity contribution in [3.05, 3.63) is 27.0 Å². The first-order chi connectivity index (χ1) is 13.7. The van der Waals surface area contributed by atoms with E-state index in [0.717, 1.165) is 17.3 Å². The molecule has 0 radical (unpaired) electrons. The molecule has 2 N–H and O–H groups in total. The zero-order valence-electron chi connectivity index (χ0n) is 16.6. The zero-order valence-corrected chi connectivity index (χ0v) is 16.6. The van der Waals surface area contributed by atoms with Gasteiger partial charge < -0.3 is 15.1 Å². The number of likely N-dealkylation sites (tertiary alicyclic amines) is 2. The highest BCUT2D eigenvalue weighted by atomic mass is 16.2. The lowest BCUT2D eigenvalue weighted by molar-refractivity contribution is -0.138. The Balaban J connectivity index is 1.55. The van der Waals surface area contributed by atoms with Gasteiger partial charge in [-0.1, -0.05) is 0 Å². The van der Waals surface area contributed by atoms with Gasteiger partial charge in [0.2, 0.25) is 17.7 Å². The Morgan fingerprint density at radius 2 is 1.93 bits per heavy atom. The highest BCUT2D eigenvalue weighted by Gasteiger charge is 2.38. The summed E-state index contributed by atoms with van der Waals surface area (Å²) >= 11 is 0. The number of H-pyrrole nitrogens is 1. The van der Waals surface area contributed by atoms with Gasteiger partial charge >= 0.3 is 5.69 Å². The summed E-state index contributed by atoms with van der Waals surface area (Å²) in [7, 11) is 0. The van der Waals surface area contributed by atoms with E-state index in [2.05, 4.69) is 15.4 Å². The summed E-state index contributed by atoms with van der Waals surface area (Å²) in [6.45, 7) is 4.61. The topological polar surface area (TPSA) is 137 Å². The quantitative estimate of drug-likeness (QED) is 0.620. The van der Waals surface area contributed by atoms with Crippen LogP contribution < -0.4 is 16.6 Å². The van der Waals surface area contributed by atoms with Gasteiger partial charge in [-0.15, -0.1) is 0 Å². The van der Waals surface area contributed by atoms with Crippen molar-refractivity contribution in [1.82, 2.24) is 29.9 Å². The molecule has 2 saturated heterocycles. The number of nitrogens with one attached hydrogen (secondary N) is 2. The summed E-state index contributed by atoms with van der Waals surface area (Å²) in [5.41, 5.74) is -1.81. The number of amides is 3. The number of hydrogen-bond acceptors (Lipinski definition) is 6. The second kappa shape index (κ2) is 8.18. The summed E-state index contributed by atoms with van der Waals surface area (Å²) in [5.74, 6) is -0.526. The van der Waals surface area contributed by atoms with Crippen molar-refractivity contribution < 1.29 is 14.4 Å². The zero-order chi connectivity index (χ0) is 21.2. The van der Waals surface area contributed by atoms with Crippen LogP contribution in [0, 0.1) is 0 Å². The Labute approximate surface area is 167 Å². The van der Waals surface area contributed by atoms with Crippen LogP contribution in [0.1, 0.15) is 39.5 Å². The van der Waals surface area contributed by atoms with Crippen LogP contribution in [-0.4, -0.2) is 73.5 Å². The number of carbonyl (C=O) groups excluding carboxylic acids is 3. The number of hydrogen-bond donors (Lipinski definition) is 2. The minimum Gasteiger partial charge on any atom is -0.349 e. The lowest BCUT2D eigenvalue weighted by atomic mass is 9.89. The van der Waals surface area contributed by atoms with E-state index in [9.17, 15) is 24.0 Å². The Bertz CT molecular complexity index is 914. The fraction of sp³-hybridized carbons (Fsp3) is 0.667. The fourth-order valence-electron chi connectivity index (χ4n) is 3.89. The first-order valence-corrected chi connectivity index (χ1v) is 9.72. The van der Waals surface area contributed by atoms with Crippen LogP contribution in [-0.2, 0) is 20.9 Å². The van der Waals surface area contributed by atoms with E-state index < -0.39 is 22.8 Å². The number of piperidine rings is 1. The van der Waals surface area contributed by atoms with Crippen LogP contribution in [0.4, 0.5) is 0 Å². The van der Waals surface area contributed by atoms with Gasteiger partial charge in [-0.3, -0.25) is 24.2 Å². The van der Waals surface area contributed by atoms with E-state index in [1.54, 1.807) is 9.80 Å². The second-order valence-corrected chi connectivity index (χ2v) is 7.90. The predicted octanol–water partition coefficient (Wildman–Crippen LogP) is -1.56. The van der Waals surface area contributed by atoms with Crippen LogP contribution in [0.3, 0.4) is 0 Å². The number of rotatable bonds is 4. The maximum atomic E-state index is 12.7. The van der Waals surface area contributed by atoms with Gasteiger partial charge in [0.05, 0.1) is 0 Å². The number of aromatic nitrogens is 3. The molecule has 2 aliphatic heterocycles. The minimum absolute atomic E-state index is 0.0978. The SMILES string of the molecule is CC(=O)N1CCC[C@H]1C(=O)NC1(C)CCN(C(=O)Cn2ncc(=O)[nH]c2=O)CC1. The van der Waals surface area contributed by atoms with Crippen molar-refractivity contribution >= 4 is 17.7 Å². The van der Waals surface area contributed by atoms with Crippen molar-refractivity contribution in [2.24, 2.45) is 0 Å². The molecule has 0 saturated carbocycles. The van der Waals surface area contributed by atoms with Gasteiger partial charge in [0.1, 0.15) is 18.8 Å². The lowest BCUT2D eigenvalue weighted by Gasteiger charge is -2.41. The average Bonchev–Trinajstić information content (AvgIpc) is 3.14. The summed E-state index contributed by atoms with van der Waals surface area (Å²) in [5, 5.41) is 6.74. The highest BCUT2D eigenvalue weighted by molar-refractivity contribution is 5.88. The van der Waals surface area contributed by atoms with Crippen molar-refractivity contribution in [3.8, 4) is 0 Å². The van der Waals surface area contributed by atoms with Gasteiger partial charge in [-0.2, -0.15) is 5.10 Å². The molecular weight excluding hydrogens is 380 g/mol. The van der Waals surface area contributed by atoms with Gasteiger partial charge in [0, 0.05) is 32.1 Å². The molecule has 29 heavy (non-hydrogen) atoms. The average molecular weight is 406 g/mol. The maximum Gasteiger partial charge on any atom is 0.345 e. The molecule has 11 nitrogen and oxygen atoms in total. The van der Waals surface area contributed by atoms with Gasteiger partial charge in [0.15, 0.2) is 0 Å². The molecule has 0 aliphatic carbocycles. The lowest BCUT2D eigenvalue weighted by Crippen LogP contribution is -2.58. The van der Waals surface area contributed by atoms with Crippen LogP contribution in [0.2, 0.25) is 0 Å². The molecule has 0 bridgehead atoms. The van der Waals surface area contributed by atoms with Crippen molar-refractivity contribution in [2.45, 2.75) is 57.7 Å². The Morgan fingerprint density at radius 3 is 2.55 bits per heavy atom. The summed E-state index contributed by atoms with van der Waals surface area (Å²) < 4.78 is 0.912. The first-order valence-electron chi connectivity index (χ1n) is 9.72. The second-order valence-electron chi connectivity index (χ2n) is 7.90. The third-order valence-corrected chi connectivity index (χ3v) is 5.67. The smallest absolute Gasteiger partial charge is 0.345 e. The predicted molar refractivity (Wildman–Crippen MR) is 102 cm³/mol. The number of carbonyl (C=O) groups is 3. The van der Waals surface area contributed by atoms with E-state index in [1.807, 2.05) is 6.92 Å². The van der Waals surface area contributed by atoms with E-state index in [0.29, 0.717) is 38.9 Å². The molecule has 0 spiro atoms. The molecule has 1 aromatic heterocycles. The first kappa shape index (κ1) is 20.7. The molecule has 0 unspecified atom stereocenters. The van der Waals surface area contributed by atoms with E-state index in [1.165, 1.54) is 6.92 Å². The number of nitrogens with zero attached hydrogens (tertiary/aromatic N) is 4. The molecule has 11 heteroatoms. The van der Waals surface area contributed by atoms with E-state index >= 15 is 0 Å². The van der Waals surface area contributed by atoms with E-state index in [-0.39, 0.29) is 24.3 Å². The van der Waals surface area contributed by atoms with Gasteiger partial charge in [-0.05, 0) is 32.6 Å². The Morgan fingerprint density at radius 1 is 1.24 bits per heavy atom. The number of aromatic amines is 1. The molecule has 2 aliphatic rings. The third kappa shape index (κ3) is 4.72. The molecule has 3 amide bonds. The molecule has 2 fully saturated rings. The molecular formula is C18H26N6O5. The minimum atomic E-state index is -0.730. The van der Waals surface area contributed by atoms with Crippen LogP contribution in [0.25, 0.3) is 0 Å². The summed E-state index contributed by atoms with van der Waals surface area (Å²) in [6, 6.07) is -0.429. The summed E-state index contributed by atoms with van der Waals surface area (Å²) in [6.07, 6.45) is 3.54. The standard InChI is InChI=1S/C18H26N6O5/c1-12(25)23-7-3-4-13(23)16(28)21-18(2)5-8-22(9-6-18)15(27)11-24-17(29)20-14(26)10-19-24/h10,13H,3-9,11H2,1-2H3,(H,21,28)(H,20,26,29)/t13-/m0/s1.